The van der Waals surface area contributed by atoms with E-state index in [0.717, 1.165) is 12.0 Å². The highest BCUT2D eigenvalue weighted by Gasteiger charge is 2.19. The van der Waals surface area contributed by atoms with Crippen LogP contribution >= 0.6 is 0 Å². The summed E-state index contributed by atoms with van der Waals surface area (Å²) >= 11 is 0. The van der Waals surface area contributed by atoms with E-state index in [2.05, 4.69) is 10.0 Å². The number of benzene rings is 2. The second-order valence-corrected chi connectivity index (χ2v) is 8.74. The molecule has 9 nitrogen and oxygen atoms in total. The summed E-state index contributed by atoms with van der Waals surface area (Å²) in [5, 5.41) is 2.73. The van der Waals surface area contributed by atoms with E-state index in [4.69, 9.17) is 15.2 Å². The number of sulfonamides is 1. The molecule has 1 aliphatic rings. The van der Waals surface area contributed by atoms with Gasteiger partial charge in [-0.2, -0.15) is 0 Å². The van der Waals surface area contributed by atoms with Crippen molar-refractivity contribution in [3.05, 3.63) is 53.6 Å². The molecule has 1 aliphatic heterocycles. The predicted molar refractivity (Wildman–Crippen MR) is 114 cm³/mol. The maximum Gasteiger partial charge on any atom is 0.248 e. The van der Waals surface area contributed by atoms with Crippen LogP contribution < -0.4 is 25.2 Å². The minimum absolute atomic E-state index is 0.00882. The highest BCUT2D eigenvalue weighted by atomic mass is 32.2. The molecule has 3 rings (SSSR count). The number of rotatable bonds is 9. The van der Waals surface area contributed by atoms with Gasteiger partial charge in [-0.3, -0.25) is 9.59 Å². The third kappa shape index (κ3) is 6.43. The molecule has 2 aromatic carbocycles. The van der Waals surface area contributed by atoms with Crippen LogP contribution in [0.25, 0.3) is 0 Å². The average molecular weight is 448 g/mol. The van der Waals surface area contributed by atoms with Gasteiger partial charge in [0, 0.05) is 37.6 Å². The first-order valence-electron chi connectivity index (χ1n) is 9.90. The highest BCUT2D eigenvalue weighted by Crippen LogP contribution is 2.31. The molecule has 0 spiro atoms. The SMILES string of the molecule is NC(=O)c1cccc(CCNC(=O)CCNS(=O)(=O)c2ccc3c(c2)OCCCO3)c1. The number of nitrogens with two attached hydrogens (primary N) is 1. The van der Waals surface area contributed by atoms with Gasteiger partial charge in [0.2, 0.25) is 21.8 Å². The molecule has 1 heterocycles. The molecule has 0 atom stereocenters. The number of ether oxygens (including phenoxy) is 2. The van der Waals surface area contributed by atoms with Gasteiger partial charge in [0.05, 0.1) is 18.1 Å². The van der Waals surface area contributed by atoms with Gasteiger partial charge in [0.15, 0.2) is 11.5 Å². The number of hydrogen-bond acceptors (Lipinski definition) is 6. The Bertz CT molecular complexity index is 1050. The van der Waals surface area contributed by atoms with Crippen LogP contribution in [0.5, 0.6) is 11.5 Å². The maximum absolute atomic E-state index is 12.5. The van der Waals surface area contributed by atoms with Crippen molar-refractivity contribution in [3.63, 3.8) is 0 Å². The Hall–Kier alpha value is -3.11. The molecule has 31 heavy (non-hydrogen) atoms. The van der Waals surface area contributed by atoms with Gasteiger partial charge in [-0.15, -0.1) is 0 Å². The molecule has 2 amide bonds. The van der Waals surface area contributed by atoms with E-state index in [1.54, 1.807) is 24.3 Å². The number of nitrogens with one attached hydrogen (secondary N) is 2. The molecule has 10 heteroatoms. The summed E-state index contributed by atoms with van der Waals surface area (Å²) in [5.41, 5.74) is 6.53. The van der Waals surface area contributed by atoms with Crippen molar-refractivity contribution in [3.8, 4) is 11.5 Å². The second kappa shape index (κ2) is 10.3. The Morgan fingerprint density at radius 2 is 1.77 bits per heavy atom. The van der Waals surface area contributed by atoms with Gasteiger partial charge >= 0.3 is 0 Å². The second-order valence-electron chi connectivity index (χ2n) is 6.97. The van der Waals surface area contributed by atoms with Gasteiger partial charge < -0.3 is 20.5 Å². The first-order valence-corrected chi connectivity index (χ1v) is 11.4. The molecule has 4 N–H and O–H groups in total. The molecular weight excluding hydrogens is 422 g/mol. The highest BCUT2D eigenvalue weighted by molar-refractivity contribution is 7.89. The maximum atomic E-state index is 12.5. The fourth-order valence-corrected chi connectivity index (χ4v) is 4.05. The van der Waals surface area contributed by atoms with E-state index in [1.807, 2.05) is 6.07 Å². The lowest BCUT2D eigenvalue weighted by Crippen LogP contribution is -2.31. The minimum atomic E-state index is -3.79. The predicted octanol–water partition coefficient (Wildman–Crippen LogP) is 0.974. The Balaban J connectivity index is 1.45. The quantitative estimate of drug-likeness (QED) is 0.524. The Labute approximate surface area is 181 Å². The number of carbonyl (C=O) groups excluding carboxylic acids is 2. The third-order valence-corrected chi connectivity index (χ3v) is 6.08. The molecule has 0 saturated heterocycles. The zero-order valence-corrected chi connectivity index (χ0v) is 17.7. The zero-order chi connectivity index (χ0) is 22.3. The summed E-state index contributed by atoms with van der Waals surface area (Å²) in [4.78, 5) is 23.3. The van der Waals surface area contributed by atoms with Crippen LogP contribution in [0, 0.1) is 0 Å². The molecule has 0 fully saturated rings. The monoisotopic (exact) mass is 447 g/mol. The third-order valence-electron chi connectivity index (χ3n) is 4.62. The van der Waals surface area contributed by atoms with Crippen LogP contribution in [-0.2, 0) is 21.2 Å². The Morgan fingerprint density at radius 1 is 1.00 bits per heavy atom. The van der Waals surface area contributed by atoms with Crippen LogP contribution in [0.3, 0.4) is 0 Å². The fraction of sp³-hybridized carbons (Fsp3) is 0.333. The van der Waals surface area contributed by atoms with Gasteiger partial charge in [0.1, 0.15) is 0 Å². The summed E-state index contributed by atoms with van der Waals surface area (Å²) < 4.78 is 38.4. The number of fused-ring (bicyclic) bond motifs is 1. The molecule has 0 unspecified atom stereocenters. The lowest BCUT2D eigenvalue weighted by Gasteiger charge is -2.11. The van der Waals surface area contributed by atoms with Crippen molar-refractivity contribution in [1.29, 1.82) is 0 Å². The van der Waals surface area contributed by atoms with Crippen molar-refractivity contribution in [1.82, 2.24) is 10.0 Å². The molecule has 0 aromatic heterocycles. The Morgan fingerprint density at radius 3 is 2.55 bits per heavy atom. The molecule has 2 aromatic rings. The van der Waals surface area contributed by atoms with Crippen LogP contribution in [0.2, 0.25) is 0 Å². The van der Waals surface area contributed by atoms with Gasteiger partial charge in [-0.1, -0.05) is 12.1 Å². The molecule has 0 bridgehead atoms. The van der Waals surface area contributed by atoms with Gasteiger partial charge in [-0.05, 0) is 36.2 Å². The standard InChI is InChI=1S/C21H25N3O6S/c22-21(26)16-4-1-3-15(13-16)7-9-23-20(25)8-10-24-31(27,28)17-5-6-18-19(14-17)30-12-2-11-29-18/h1,3-6,13-14,24H,2,7-12H2,(H2,22,26)(H,23,25). The molecule has 0 saturated carbocycles. The molecular formula is C21H25N3O6S. The lowest BCUT2D eigenvalue weighted by atomic mass is 10.1. The van der Waals surface area contributed by atoms with Crippen molar-refractivity contribution in [2.45, 2.75) is 24.2 Å². The normalized spacial score (nSPS) is 13.3. The van der Waals surface area contributed by atoms with Crippen molar-refractivity contribution in [2.75, 3.05) is 26.3 Å². The van der Waals surface area contributed by atoms with Crippen LogP contribution in [0.4, 0.5) is 0 Å². The van der Waals surface area contributed by atoms with E-state index in [-0.39, 0.29) is 23.8 Å². The summed E-state index contributed by atoms with van der Waals surface area (Å²) in [5.74, 6) is 0.106. The van der Waals surface area contributed by atoms with Crippen LogP contribution in [0.1, 0.15) is 28.8 Å². The fourth-order valence-electron chi connectivity index (χ4n) is 3.01. The Kier molecular flexibility index (Phi) is 7.48. The molecule has 0 aliphatic carbocycles. The van der Waals surface area contributed by atoms with E-state index in [9.17, 15) is 18.0 Å². The van der Waals surface area contributed by atoms with E-state index < -0.39 is 15.9 Å². The average Bonchev–Trinajstić information content (AvgIpc) is 2.98. The van der Waals surface area contributed by atoms with Crippen LogP contribution in [-0.4, -0.2) is 46.5 Å². The largest absolute Gasteiger partial charge is 0.490 e. The minimum Gasteiger partial charge on any atom is -0.490 e. The van der Waals surface area contributed by atoms with E-state index in [1.165, 1.54) is 12.1 Å². The number of amides is 2. The summed E-state index contributed by atoms with van der Waals surface area (Å²) in [7, 11) is -3.79. The topological polar surface area (TPSA) is 137 Å². The smallest absolute Gasteiger partial charge is 0.248 e. The zero-order valence-electron chi connectivity index (χ0n) is 16.9. The number of hydrogen-bond donors (Lipinski definition) is 3. The first kappa shape index (κ1) is 22.6. The lowest BCUT2D eigenvalue weighted by molar-refractivity contribution is -0.120. The van der Waals surface area contributed by atoms with Crippen molar-refractivity contribution in [2.24, 2.45) is 5.73 Å². The number of primary amides is 1. The van der Waals surface area contributed by atoms with Crippen molar-refractivity contribution < 1.29 is 27.5 Å². The van der Waals surface area contributed by atoms with E-state index >= 15 is 0 Å². The summed E-state index contributed by atoms with van der Waals surface area (Å²) in [6, 6.07) is 11.3. The van der Waals surface area contributed by atoms with Gasteiger partial charge in [0.25, 0.3) is 0 Å². The van der Waals surface area contributed by atoms with Crippen LogP contribution in [0.15, 0.2) is 47.4 Å². The molecule has 166 valence electrons. The first-order chi connectivity index (χ1) is 14.8. The van der Waals surface area contributed by atoms with E-state index in [0.29, 0.717) is 43.2 Å². The van der Waals surface area contributed by atoms with Crippen molar-refractivity contribution >= 4 is 21.8 Å². The van der Waals surface area contributed by atoms with Gasteiger partial charge in [-0.25, -0.2) is 13.1 Å². The summed E-state index contributed by atoms with van der Waals surface area (Å²) in [6.45, 7) is 1.29. The summed E-state index contributed by atoms with van der Waals surface area (Å²) in [6.07, 6.45) is 1.24. The number of carbonyl (C=O) groups is 2. The molecule has 0 radical (unpaired) electrons.